The summed E-state index contributed by atoms with van der Waals surface area (Å²) in [5.74, 6) is 0.946. The molecule has 0 amide bonds. The summed E-state index contributed by atoms with van der Waals surface area (Å²) in [6.45, 7) is 7.78. The van der Waals surface area contributed by atoms with Crippen molar-refractivity contribution in [1.29, 1.82) is 0 Å². The lowest BCUT2D eigenvalue weighted by molar-refractivity contribution is 0.352. The molecule has 0 heterocycles. The minimum Gasteiger partial charge on any atom is -0.314 e. The third-order valence-electron chi connectivity index (χ3n) is 5.06. The molecule has 1 aromatic rings. The van der Waals surface area contributed by atoms with Crippen molar-refractivity contribution < 1.29 is 0 Å². The van der Waals surface area contributed by atoms with E-state index in [0.717, 1.165) is 12.5 Å². The molecule has 1 N–H and O–H groups in total. The quantitative estimate of drug-likeness (QED) is 0.710. The van der Waals surface area contributed by atoms with E-state index in [0.29, 0.717) is 6.04 Å². The van der Waals surface area contributed by atoms with Crippen molar-refractivity contribution >= 4 is 0 Å². The van der Waals surface area contributed by atoms with Gasteiger partial charge in [-0.1, -0.05) is 69.2 Å². The molecule has 1 unspecified atom stereocenters. The van der Waals surface area contributed by atoms with E-state index >= 15 is 0 Å². The van der Waals surface area contributed by atoms with Crippen LogP contribution in [-0.2, 0) is 6.42 Å². The highest BCUT2D eigenvalue weighted by Gasteiger charge is 2.18. The molecule has 1 aromatic carbocycles. The fraction of sp³-hybridized carbons (Fsp3) is 0.700. The highest BCUT2D eigenvalue weighted by atomic mass is 14.9. The summed E-state index contributed by atoms with van der Waals surface area (Å²) in [4.78, 5) is 0. The average Bonchev–Trinajstić information content (AvgIpc) is 2.72. The van der Waals surface area contributed by atoms with Crippen molar-refractivity contribution in [3.8, 4) is 0 Å². The summed E-state index contributed by atoms with van der Waals surface area (Å²) in [6.07, 6.45) is 11.3. The maximum Gasteiger partial charge on any atom is 0.0110 e. The van der Waals surface area contributed by atoms with Gasteiger partial charge in [0.25, 0.3) is 0 Å². The van der Waals surface area contributed by atoms with Gasteiger partial charge in [-0.25, -0.2) is 0 Å². The molecule has 1 nitrogen and oxygen atoms in total. The summed E-state index contributed by atoms with van der Waals surface area (Å²) in [7, 11) is 0. The Morgan fingerprint density at radius 3 is 2.48 bits per heavy atom. The van der Waals surface area contributed by atoms with Crippen molar-refractivity contribution in [2.24, 2.45) is 5.92 Å². The number of rotatable bonds is 6. The molecule has 21 heavy (non-hydrogen) atoms. The van der Waals surface area contributed by atoms with Crippen LogP contribution in [0.4, 0.5) is 0 Å². The van der Waals surface area contributed by atoms with Crippen LogP contribution >= 0.6 is 0 Å². The zero-order valence-corrected chi connectivity index (χ0v) is 14.3. The normalized spacial score (nSPS) is 18.4. The van der Waals surface area contributed by atoms with Gasteiger partial charge in [0.2, 0.25) is 0 Å². The Bertz CT molecular complexity index is 416. The van der Waals surface area contributed by atoms with Crippen molar-refractivity contribution in [2.75, 3.05) is 6.54 Å². The first kappa shape index (κ1) is 16.5. The number of aryl methyl sites for hydroxylation is 2. The summed E-state index contributed by atoms with van der Waals surface area (Å²) >= 11 is 0. The Labute approximate surface area is 131 Å². The number of hydrogen-bond donors (Lipinski definition) is 1. The second-order valence-corrected chi connectivity index (χ2v) is 6.98. The number of likely N-dealkylation sites (N-methyl/N-ethyl adjacent to an activating group) is 1. The average molecular weight is 287 g/mol. The van der Waals surface area contributed by atoms with Crippen molar-refractivity contribution in [1.82, 2.24) is 5.32 Å². The fourth-order valence-electron chi connectivity index (χ4n) is 3.82. The molecule has 2 rings (SSSR count). The van der Waals surface area contributed by atoms with Gasteiger partial charge < -0.3 is 5.32 Å². The zero-order chi connectivity index (χ0) is 15.1. The highest BCUT2D eigenvalue weighted by molar-refractivity contribution is 5.31. The van der Waals surface area contributed by atoms with Crippen LogP contribution in [0, 0.1) is 19.8 Å². The number of hydrogen-bond acceptors (Lipinski definition) is 1. The molecule has 0 saturated heterocycles. The Kier molecular flexibility index (Phi) is 6.76. The topological polar surface area (TPSA) is 12.0 Å². The molecule has 1 fully saturated rings. The van der Waals surface area contributed by atoms with Crippen molar-refractivity contribution in [2.45, 2.75) is 78.2 Å². The summed E-state index contributed by atoms with van der Waals surface area (Å²) in [5, 5.41) is 3.75. The summed E-state index contributed by atoms with van der Waals surface area (Å²) in [6, 6.07) is 7.54. The van der Waals surface area contributed by atoms with E-state index in [1.807, 2.05) is 0 Å². The van der Waals surface area contributed by atoms with Crippen LogP contribution in [0.5, 0.6) is 0 Å². The third-order valence-corrected chi connectivity index (χ3v) is 5.06. The van der Waals surface area contributed by atoms with E-state index in [1.165, 1.54) is 68.1 Å². The van der Waals surface area contributed by atoms with Crippen LogP contribution in [0.3, 0.4) is 0 Å². The van der Waals surface area contributed by atoms with Crippen molar-refractivity contribution in [3.63, 3.8) is 0 Å². The molecule has 1 heteroatoms. The first-order valence-electron chi connectivity index (χ1n) is 8.98. The maximum atomic E-state index is 3.75. The largest absolute Gasteiger partial charge is 0.314 e. The zero-order valence-electron chi connectivity index (χ0n) is 14.3. The predicted molar refractivity (Wildman–Crippen MR) is 92.9 cm³/mol. The van der Waals surface area contributed by atoms with Crippen molar-refractivity contribution in [3.05, 3.63) is 34.9 Å². The predicted octanol–water partition coefficient (Wildman–Crippen LogP) is 5.18. The number of nitrogens with one attached hydrogen (secondary N) is 1. The molecule has 0 radical (unpaired) electrons. The molecule has 1 aliphatic carbocycles. The van der Waals surface area contributed by atoms with Gasteiger partial charge in [-0.3, -0.25) is 0 Å². The summed E-state index contributed by atoms with van der Waals surface area (Å²) in [5.41, 5.74) is 4.37. The van der Waals surface area contributed by atoms with E-state index < -0.39 is 0 Å². The van der Waals surface area contributed by atoms with Gasteiger partial charge >= 0.3 is 0 Å². The molecule has 1 aliphatic rings. The van der Waals surface area contributed by atoms with E-state index in [1.54, 1.807) is 0 Å². The maximum absolute atomic E-state index is 3.75. The Hall–Kier alpha value is -0.820. The Morgan fingerprint density at radius 1 is 1.10 bits per heavy atom. The van der Waals surface area contributed by atoms with Crippen LogP contribution in [0.15, 0.2) is 18.2 Å². The van der Waals surface area contributed by atoms with E-state index in [9.17, 15) is 0 Å². The first-order chi connectivity index (χ1) is 10.2. The molecule has 0 aliphatic heterocycles. The minimum atomic E-state index is 0.651. The minimum absolute atomic E-state index is 0.651. The Balaban J connectivity index is 1.98. The lowest BCUT2D eigenvalue weighted by Crippen LogP contribution is -2.33. The SMILES string of the molecule is CCNC(Cc1cc(C)ccc1C)CC1CCCCCC1. The second-order valence-electron chi connectivity index (χ2n) is 6.98. The van der Waals surface area contributed by atoms with Gasteiger partial charge in [0, 0.05) is 6.04 Å². The van der Waals surface area contributed by atoms with Gasteiger partial charge in [0.1, 0.15) is 0 Å². The smallest absolute Gasteiger partial charge is 0.0110 e. The molecular formula is C20H33N. The molecule has 118 valence electrons. The first-order valence-corrected chi connectivity index (χ1v) is 8.98. The Morgan fingerprint density at radius 2 is 1.81 bits per heavy atom. The fourth-order valence-corrected chi connectivity index (χ4v) is 3.82. The molecule has 0 aromatic heterocycles. The lowest BCUT2D eigenvalue weighted by atomic mass is 9.88. The molecule has 1 saturated carbocycles. The van der Waals surface area contributed by atoms with Gasteiger partial charge in [0.15, 0.2) is 0 Å². The molecule has 0 bridgehead atoms. The highest BCUT2D eigenvalue weighted by Crippen LogP contribution is 2.27. The van der Waals surface area contributed by atoms with E-state index in [2.05, 4.69) is 44.3 Å². The van der Waals surface area contributed by atoms with E-state index in [-0.39, 0.29) is 0 Å². The lowest BCUT2D eigenvalue weighted by Gasteiger charge is -2.24. The number of benzene rings is 1. The van der Waals surface area contributed by atoms with Gasteiger partial charge in [-0.2, -0.15) is 0 Å². The third kappa shape index (κ3) is 5.47. The van der Waals surface area contributed by atoms with Gasteiger partial charge in [-0.15, -0.1) is 0 Å². The molecule has 0 spiro atoms. The van der Waals surface area contributed by atoms with Crippen LogP contribution in [0.1, 0.15) is 68.6 Å². The van der Waals surface area contributed by atoms with Gasteiger partial charge in [-0.05, 0) is 50.3 Å². The molecular weight excluding hydrogens is 254 g/mol. The van der Waals surface area contributed by atoms with E-state index in [4.69, 9.17) is 0 Å². The monoisotopic (exact) mass is 287 g/mol. The van der Waals surface area contributed by atoms with Gasteiger partial charge in [0.05, 0.1) is 0 Å². The van der Waals surface area contributed by atoms with Crippen LogP contribution < -0.4 is 5.32 Å². The second kappa shape index (κ2) is 8.58. The van der Waals surface area contributed by atoms with Crippen LogP contribution in [0.2, 0.25) is 0 Å². The van der Waals surface area contributed by atoms with Crippen LogP contribution in [0.25, 0.3) is 0 Å². The standard InChI is InChI=1S/C20H33N/c1-4-21-20(14-18-9-7-5-6-8-10-18)15-19-13-16(2)11-12-17(19)3/h11-13,18,20-21H,4-10,14-15H2,1-3H3. The molecule has 1 atom stereocenters. The summed E-state index contributed by atoms with van der Waals surface area (Å²) < 4.78 is 0. The van der Waals surface area contributed by atoms with Crippen LogP contribution in [-0.4, -0.2) is 12.6 Å².